The first-order valence-corrected chi connectivity index (χ1v) is 10.00. The second kappa shape index (κ2) is 9.36. The molecule has 146 valence electrons. The van der Waals surface area contributed by atoms with Crippen LogP contribution in [0.25, 0.3) is 11.0 Å². The van der Waals surface area contributed by atoms with Crippen molar-refractivity contribution < 1.29 is 14.0 Å². The first kappa shape index (κ1) is 19.9. The Morgan fingerprint density at radius 3 is 2.57 bits per heavy atom. The summed E-state index contributed by atoms with van der Waals surface area (Å²) in [6.45, 7) is 3.06. The van der Waals surface area contributed by atoms with Crippen molar-refractivity contribution >= 4 is 40.3 Å². The Morgan fingerprint density at radius 2 is 1.79 bits per heavy atom. The number of aromatic nitrogens is 2. The number of halogens is 1. The number of fused-ring (bicyclic) bond motifs is 1. The van der Waals surface area contributed by atoms with Crippen molar-refractivity contribution in [2.45, 2.75) is 13.5 Å². The number of para-hydroxylation sites is 2. The minimum Gasteiger partial charge on any atom is -0.354 e. The van der Waals surface area contributed by atoms with E-state index in [1.165, 1.54) is 36.0 Å². The van der Waals surface area contributed by atoms with Gasteiger partial charge in [0.25, 0.3) is 0 Å². The third-order valence-electron chi connectivity index (χ3n) is 4.10. The van der Waals surface area contributed by atoms with Gasteiger partial charge in [-0.15, -0.1) is 11.8 Å². The number of benzene rings is 2. The van der Waals surface area contributed by atoms with Gasteiger partial charge in [-0.05, 0) is 43.3 Å². The Labute approximate surface area is 166 Å². The zero-order valence-corrected chi connectivity index (χ0v) is 16.3. The fraction of sp³-hybridized carbons (Fsp3) is 0.250. The summed E-state index contributed by atoms with van der Waals surface area (Å²) in [6, 6.07) is 13.4. The van der Waals surface area contributed by atoms with Gasteiger partial charge in [0, 0.05) is 18.8 Å². The van der Waals surface area contributed by atoms with Crippen molar-refractivity contribution in [3.63, 3.8) is 0 Å². The van der Waals surface area contributed by atoms with Gasteiger partial charge < -0.3 is 15.2 Å². The summed E-state index contributed by atoms with van der Waals surface area (Å²) >= 11 is 1.23. The number of nitrogens with one attached hydrogen (secondary N) is 2. The van der Waals surface area contributed by atoms with E-state index in [1.807, 2.05) is 31.2 Å². The summed E-state index contributed by atoms with van der Waals surface area (Å²) < 4.78 is 14.9. The molecule has 6 nitrogen and oxygen atoms in total. The molecule has 0 spiro atoms. The number of rotatable bonds is 8. The summed E-state index contributed by atoms with van der Waals surface area (Å²) in [6.07, 6.45) is 0. The van der Waals surface area contributed by atoms with Gasteiger partial charge >= 0.3 is 0 Å². The fourth-order valence-corrected chi connectivity index (χ4v) is 3.45. The van der Waals surface area contributed by atoms with Gasteiger partial charge in [0.2, 0.25) is 11.8 Å². The first-order chi connectivity index (χ1) is 13.5. The van der Waals surface area contributed by atoms with Crippen molar-refractivity contribution in [3.05, 3.63) is 60.2 Å². The number of hydrogen-bond acceptors (Lipinski definition) is 4. The number of amides is 2. The Balaban J connectivity index is 1.37. The number of carbonyl (C=O) groups is 2. The molecule has 1 heterocycles. The highest BCUT2D eigenvalue weighted by Crippen LogP contribution is 2.15. The van der Waals surface area contributed by atoms with Gasteiger partial charge in [0.05, 0.1) is 22.5 Å². The zero-order valence-electron chi connectivity index (χ0n) is 15.4. The van der Waals surface area contributed by atoms with Crippen molar-refractivity contribution in [1.29, 1.82) is 0 Å². The monoisotopic (exact) mass is 400 g/mol. The van der Waals surface area contributed by atoms with Crippen LogP contribution in [0.1, 0.15) is 5.82 Å². The average molecular weight is 400 g/mol. The largest absolute Gasteiger partial charge is 0.354 e. The summed E-state index contributed by atoms with van der Waals surface area (Å²) in [5, 5.41) is 5.52. The van der Waals surface area contributed by atoms with Gasteiger partial charge in [-0.25, -0.2) is 9.37 Å². The lowest BCUT2D eigenvalue weighted by Gasteiger charge is -2.09. The highest BCUT2D eigenvalue weighted by Gasteiger charge is 2.08. The van der Waals surface area contributed by atoms with Crippen molar-refractivity contribution in [2.24, 2.45) is 0 Å². The molecule has 0 fully saturated rings. The second-order valence-electron chi connectivity index (χ2n) is 6.20. The number of thioether (sulfide) groups is 1. The van der Waals surface area contributed by atoms with Crippen LogP contribution in [0, 0.1) is 12.7 Å². The standard InChI is InChI=1S/C20H21FN4O2S/c1-14-23-17-4-2-3-5-18(17)25(14)11-10-22-19(26)12-28-13-20(27)24-16-8-6-15(21)7-9-16/h2-9H,10-13H2,1H3,(H,22,26)(H,24,27). The highest BCUT2D eigenvalue weighted by molar-refractivity contribution is 8.00. The first-order valence-electron chi connectivity index (χ1n) is 8.84. The van der Waals surface area contributed by atoms with Gasteiger partial charge in [-0.1, -0.05) is 12.1 Å². The quantitative estimate of drug-likeness (QED) is 0.610. The molecule has 8 heteroatoms. The number of nitrogens with zero attached hydrogens (tertiary/aromatic N) is 2. The smallest absolute Gasteiger partial charge is 0.234 e. The molecule has 2 amide bonds. The molecule has 28 heavy (non-hydrogen) atoms. The Morgan fingerprint density at radius 1 is 1.07 bits per heavy atom. The maximum absolute atomic E-state index is 12.8. The number of imidazole rings is 1. The molecule has 0 radical (unpaired) electrons. The Hall–Kier alpha value is -2.87. The van der Waals surface area contributed by atoms with Crippen molar-refractivity contribution in [1.82, 2.24) is 14.9 Å². The molecular weight excluding hydrogens is 379 g/mol. The predicted octanol–water partition coefficient (Wildman–Crippen LogP) is 2.97. The van der Waals surface area contributed by atoms with E-state index in [1.54, 1.807) is 0 Å². The molecular formula is C20H21FN4O2S. The van der Waals surface area contributed by atoms with E-state index in [0.717, 1.165) is 16.9 Å². The van der Waals surface area contributed by atoms with Crippen LogP contribution in [0.4, 0.5) is 10.1 Å². The molecule has 2 N–H and O–H groups in total. The minimum atomic E-state index is -0.358. The van der Waals surface area contributed by atoms with E-state index in [0.29, 0.717) is 18.8 Å². The third kappa shape index (κ3) is 5.32. The molecule has 0 saturated carbocycles. The SMILES string of the molecule is Cc1nc2ccccc2n1CCNC(=O)CSCC(=O)Nc1ccc(F)cc1. The molecule has 3 aromatic rings. The molecule has 0 atom stereocenters. The summed E-state index contributed by atoms with van der Waals surface area (Å²) in [4.78, 5) is 28.3. The molecule has 0 bridgehead atoms. The van der Waals surface area contributed by atoms with E-state index in [2.05, 4.69) is 20.2 Å². The van der Waals surface area contributed by atoms with E-state index >= 15 is 0 Å². The van der Waals surface area contributed by atoms with Crippen LogP contribution in [0.15, 0.2) is 48.5 Å². The van der Waals surface area contributed by atoms with Crippen LogP contribution in [-0.4, -0.2) is 39.4 Å². The lowest BCUT2D eigenvalue weighted by molar-refractivity contribution is -0.118. The van der Waals surface area contributed by atoms with E-state index in [-0.39, 0.29) is 29.1 Å². The van der Waals surface area contributed by atoms with Gasteiger partial charge in [-0.2, -0.15) is 0 Å². The fourth-order valence-electron chi connectivity index (χ4n) is 2.80. The molecule has 0 aliphatic rings. The van der Waals surface area contributed by atoms with Crippen LogP contribution < -0.4 is 10.6 Å². The topological polar surface area (TPSA) is 76.0 Å². The molecule has 0 aliphatic carbocycles. The summed E-state index contributed by atoms with van der Waals surface area (Å²) in [5.41, 5.74) is 2.51. The Bertz CT molecular complexity index is 972. The van der Waals surface area contributed by atoms with Gasteiger partial charge in [0.15, 0.2) is 0 Å². The zero-order chi connectivity index (χ0) is 19.9. The van der Waals surface area contributed by atoms with E-state index in [4.69, 9.17) is 0 Å². The average Bonchev–Trinajstić information content (AvgIpc) is 2.99. The molecule has 1 aromatic heterocycles. The molecule has 0 saturated heterocycles. The normalized spacial score (nSPS) is 10.8. The molecule has 3 rings (SSSR count). The van der Waals surface area contributed by atoms with Gasteiger partial charge in [-0.3, -0.25) is 9.59 Å². The maximum Gasteiger partial charge on any atom is 0.234 e. The molecule has 0 unspecified atom stereocenters. The lowest BCUT2D eigenvalue weighted by atomic mass is 10.3. The third-order valence-corrected chi connectivity index (χ3v) is 5.03. The minimum absolute atomic E-state index is 0.123. The van der Waals surface area contributed by atoms with Crippen LogP contribution in [0.5, 0.6) is 0 Å². The highest BCUT2D eigenvalue weighted by atomic mass is 32.2. The number of hydrogen-bond donors (Lipinski definition) is 2. The van der Waals surface area contributed by atoms with Gasteiger partial charge in [0.1, 0.15) is 11.6 Å². The summed E-state index contributed by atoms with van der Waals surface area (Å²) in [5.74, 6) is 0.535. The Kier molecular flexibility index (Phi) is 6.65. The van der Waals surface area contributed by atoms with E-state index < -0.39 is 0 Å². The van der Waals surface area contributed by atoms with Crippen molar-refractivity contribution in [3.8, 4) is 0 Å². The van der Waals surface area contributed by atoms with Crippen LogP contribution in [0.2, 0.25) is 0 Å². The van der Waals surface area contributed by atoms with E-state index in [9.17, 15) is 14.0 Å². The predicted molar refractivity (Wildman–Crippen MR) is 110 cm³/mol. The number of carbonyl (C=O) groups excluding carboxylic acids is 2. The van der Waals surface area contributed by atoms with Crippen LogP contribution in [0.3, 0.4) is 0 Å². The maximum atomic E-state index is 12.8. The molecule has 0 aliphatic heterocycles. The molecule has 2 aromatic carbocycles. The number of anilines is 1. The lowest BCUT2D eigenvalue weighted by Crippen LogP contribution is -2.29. The van der Waals surface area contributed by atoms with Crippen LogP contribution >= 0.6 is 11.8 Å². The summed E-state index contributed by atoms with van der Waals surface area (Å²) in [7, 11) is 0. The number of aryl methyl sites for hydroxylation is 1. The van der Waals surface area contributed by atoms with Crippen molar-refractivity contribution in [2.75, 3.05) is 23.4 Å². The van der Waals surface area contributed by atoms with Crippen LogP contribution in [-0.2, 0) is 16.1 Å². The second-order valence-corrected chi connectivity index (χ2v) is 7.18.